The molecule has 4 atom stereocenters. The van der Waals surface area contributed by atoms with Crippen molar-refractivity contribution >= 4 is 58.5 Å². The van der Waals surface area contributed by atoms with Crippen LogP contribution in [-0.2, 0) is 0 Å². The quantitative estimate of drug-likeness (QED) is 0.378. The van der Waals surface area contributed by atoms with E-state index in [0.29, 0.717) is 0 Å². The van der Waals surface area contributed by atoms with Gasteiger partial charge in [-0.05, 0) is 37.0 Å². The van der Waals surface area contributed by atoms with Gasteiger partial charge in [0.2, 0.25) is 0 Å². The molecule has 94 valence electrons. The van der Waals surface area contributed by atoms with Gasteiger partial charge in [0.05, 0.1) is 0 Å². The highest BCUT2D eigenvalue weighted by Crippen LogP contribution is 2.49. The normalized spacial score (nSPS) is 48.8. The smallest absolute Gasteiger partial charge is 0.154 e. The van der Waals surface area contributed by atoms with Gasteiger partial charge in [0.1, 0.15) is 0 Å². The van der Waals surface area contributed by atoms with Crippen LogP contribution in [0.4, 0.5) is 0 Å². The number of halogens is 2. The lowest BCUT2D eigenvalue weighted by atomic mass is 10.4. The van der Waals surface area contributed by atoms with Gasteiger partial charge in [-0.1, -0.05) is 34.7 Å². The second-order valence-electron chi connectivity index (χ2n) is 5.75. The third-order valence-electron chi connectivity index (χ3n) is 3.61. The van der Waals surface area contributed by atoms with Crippen LogP contribution in [0.3, 0.4) is 0 Å². The van der Waals surface area contributed by atoms with Gasteiger partial charge in [0, 0.05) is 10.5 Å². The van der Waals surface area contributed by atoms with E-state index in [4.69, 9.17) is 22.2 Å². The topological polar surface area (TPSA) is 0 Å². The molecular weight excluding hydrogens is 311 g/mol. The highest BCUT2D eigenvalue weighted by atomic mass is 35.6. The Hall–Kier alpha value is 1.71. The Morgan fingerprint density at radius 3 is 1.50 bits per heavy atom. The minimum absolute atomic E-state index is 0.836. The molecule has 2 aliphatic rings. The summed E-state index contributed by atoms with van der Waals surface area (Å²) in [5.74, 6) is 0. The summed E-state index contributed by atoms with van der Waals surface area (Å²) in [5.41, 5.74) is 0. The van der Waals surface area contributed by atoms with Crippen LogP contribution in [0.1, 0.15) is 12.8 Å². The van der Waals surface area contributed by atoms with Crippen molar-refractivity contribution in [2.24, 2.45) is 0 Å². The number of hydrogen-bond acceptors (Lipinski definition) is 2. The zero-order valence-corrected chi connectivity index (χ0v) is 15.1. The second-order valence-corrected chi connectivity index (χ2v) is 21.6. The molecule has 0 aromatic heterocycles. The van der Waals surface area contributed by atoms with Crippen LogP contribution in [0, 0.1) is 0 Å². The molecule has 0 aromatic rings. The summed E-state index contributed by atoms with van der Waals surface area (Å²) in [6.45, 7) is 4.64. The van der Waals surface area contributed by atoms with Crippen LogP contribution in [-0.4, -0.2) is 25.3 Å². The monoisotopic (exact) mass is 330 g/mol. The van der Waals surface area contributed by atoms with Gasteiger partial charge >= 0.3 is 0 Å². The molecule has 0 radical (unpaired) electrons. The van der Waals surface area contributed by atoms with Crippen LogP contribution in [0.5, 0.6) is 0 Å². The average molecular weight is 331 g/mol. The average Bonchev–Trinajstić information content (AvgIpc) is 2.66. The molecule has 2 aliphatic heterocycles. The van der Waals surface area contributed by atoms with Gasteiger partial charge in [-0.2, -0.15) is 22.2 Å². The first-order valence-electron chi connectivity index (χ1n) is 6.06. The fraction of sp³-hybridized carbons (Fsp3) is 1.00. The van der Waals surface area contributed by atoms with Crippen molar-refractivity contribution in [2.45, 2.75) is 60.6 Å². The van der Waals surface area contributed by atoms with Crippen LogP contribution < -0.4 is 0 Å². The molecule has 2 fully saturated rings. The molecule has 0 bridgehead atoms. The van der Waals surface area contributed by atoms with Crippen molar-refractivity contribution in [3.63, 3.8) is 0 Å². The first-order valence-corrected chi connectivity index (χ1v) is 16.2. The van der Waals surface area contributed by atoms with Crippen LogP contribution in [0.25, 0.3) is 0 Å². The fourth-order valence-corrected chi connectivity index (χ4v) is 16.2. The maximum atomic E-state index is 6.51. The Morgan fingerprint density at radius 1 is 0.875 bits per heavy atom. The summed E-state index contributed by atoms with van der Waals surface area (Å²) < 4.78 is 0. The SMILES string of the molecule is C[Si]1(Cl)CCC(SSC2CC[Si](C)(Cl)C2)C1. The number of rotatable bonds is 3. The van der Waals surface area contributed by atoms with Gasteiger partial charge in [-0.25, -0.2) is 0 Å². The third-order valence-corrected chi connectivity index (χ3v) is 15.0. The highest BCUT2D eigenvalue weighted by Gasteiger charge is 2.39. The summed E-state index contributed by atoms with van der Waals surface area (Å²) in [7, 11) is 1.65. The Balaban J connectivity index is 1.69. The Kier molecular flexibility index (Phi) is 4.75. The van der Waals surface area contributed by atoms with Crippen molar-refractivity contribution < 1.29 is 0 Å². The van der Waals surface area contributed by atoms with Crippen molar-refractivity contribution in [3.05, 3.63) is 0 Å². The molecule has 0 aliphatic carbocycles. The molecule has 0 amide bonds. The van der Waals surface area contributed by atoms with Gasteiger partial charge < -0.3 is 0 Å². The highest BCUT2D eigenvalue weighted by molar-refractivity contribution is 8.77. The second kappa shape index (κ2) is 5.37. The molecule has 0 nitrogen and oxygen atoms in total. The van der Waals surface area contributed by atoms with Crippen molar-refractivity contribution in [2.75, 3.05) is 0 Å². The van der Waals surface area contributed by atoms with E-state index in [1.807, 2.05) is 0 Å². The van der Waals surface area contributed by atoms with Gasteiger partial charge in [0.25, 0.3) is 0 Å². The van der Waals surface area contributed by atoms with Gasteiger partial charge in [0.15, 0.2) is 14.8 Å². The minimum Gasteiger partial charge on any atom is -0.167 e. The lowest BCUT2D eigenvalue weighted by Crippen LogP contribution is -2.17. The van der Waals surface area contributed by atoms with E-state index in [2.05, 4.69) is 34.7 Å². The van der Waals surface area contributed by atoms with E-state index in [1.165, 1.54) is 37.0 Å². The molecule has 4 unspecified atom stereocenters. The molecule has 2 saturated heterocycles. The molecule has 0 aromatic carbocycles. The first-order chi connectivity index (χ1) is 7.36. The summed E-state index contributed by atoms with van der Waals surface area (Å²) >= 11 is 13.0. The van der Waals surface area contributed by atoms with Crippen LogP contribution >= 0.6 is 43.7 Å². The van der Waals surface area contributed by atoms with Crippen molar-refractivity contribution in [3.8, 4) is 0 Å². The van der Waals surface area contributed by atoms with E-state index >= 15 is 0 Å². The van der Waals surface area contributed by atoms with Gasteiger partial charge in [-0.15, -0.1) is 0 Å². The lowest BCUT2D eigenvalue weighted by Gasteiger charge is -2.15. The Morgan fingerprint density at radius 2 is 1.25 bits per heavy atom. The summed E-state index contributed by atoms with van der Waals surface area (Å²) in [6, 6.07) is 5.27. The van der Waals surface area contributed by atoms with E-state index in [9.17, 15) is 0 Å². The zero-order chi connectivity index (χ0) is 11.8. The van der Waals surface area contributed by atoms with E-state index in [0.717, 1.165) is 10.5 Å². The first kappa shape index (κ1) is 14.1. The maximum absolute atomic E-state index is 6.51. The standard InChI is InChI=1S/C10H20Cl2S2Si2/c1-15(11)5-3-9(7-15)13-14-10-4-6-16(2,12)8-10/h9-10H,3-8H2,1-2H3. The van der Waals surface area contributed by atoms with Gasteiger partial charge in [-0.3, -0.25) is 0 Å². The summed E-state index contributed by atoms with van der Waals surface area (Å²) in [4.78, 5) is 0. The fourth-order valence-electron chi connectivity index (χ4n) is 2.60. The van der Waals surface area contributed by atoms with Crippen molar-refractivity contribution in [1.82, 2.24) is 0 Å². The van der Waals surface area contributed by atoms with Crippen LogP contribution in [0.15, 0.2) is 0 Å². The Bertz CT molecular complexity index is 235. The molecular formula is C10H20Cl2S2Si2. The molecule has 2 rings (SSSR count). The van der Waals surface area contributed by atoms with E-state index in [-0.39, 0.29) is 0 Å². The summed E-state index contributed by atoms with van der Waals surface area (Å²) in [5, 5.41) is 1.67. The van der Waals surface area contributed by atoms with Crippen molar-refractivity contribution in [1.29, 1.82) is 0 Å². The van der Waals surface area contributed by atoms with Crippen LogP contribution in [0.2, 0.25) is 37.3 Å². The third kappa shape index (κ3) is 4.13. The summed E-state index contributed by atoms with van der Waals surface area (Å²) in [6.07, 6.45) is 2.71. The maximum Gasteiger partial charge on any atom is 0.154 e. The van der Waals surface area contributed by atoms with E-state index in [1.54, 1.807) is 0 Å². The molecule has 0 saturated carbocycles. The Labute approximate surface area is 118 Å². The molecule has 2 heterocycles. The number of hydrogen-bond donors (Lipinski definition) is 0. The zero-order valence-electron chi connectivity index (χ0n) is 9.97. The molecule has 0 spiro atoms. The predicted molar refractivity (Wildman–Crippen MR) is 86.2 cm³/mol. The molecule has 0 N–H and O–H groups in total. The minimum atomic E-state index is -1.29. The lowest BCUT2D eigenvalue weighted by molar-refractivity contribution is 0.954. The molecule has 6 heteroatoms. The predicted octanol–water partition coefficient (Wildman–Crippen LogP) is 5.54. The molecule has 16 heavy (non-hydrogen) atoms. The largest absolute Gasteiger partial charge is 0.167 e. The van der Waals surface area contributed by atoms with E-state index < -0.39 is 14.8 Å².